The first-order valence-corrected chi connectivity index (χ1v) is 6.28. The van der Waals surface area contributed by atoms with Crippen molar-refractivity contribution < 1.29 is 5.11 Å². The van der Waals surface area contributed by atoms with Crippen LogP contribution in [-0.4, -0.2) is 11.3 Å². The van der Waals surface area contributed by atoms with Gasteiger partial charge in [0.2, 0.25) is 0 Å². The SMILES string of the molecule is N=Cc1ccc(CSc2ccc(O)cc2)cc1. The smallest absolute Gasteiger partial charge is 0.115 e. The number of nitrogens with one attached hydrogen (secondary N) is 1. The van der Waals surface area contributed by atoms with E-state index in [1.54, 1.807) is 23.9 Å². The second-order valence-electron chi connectivity index (χ2n) is 3.67. The molecule has 0 aliphatic carbocycles. The van der Waals surface area contributed by atoms with Crippen LogP contribution in [-0.2, 0) is 5.75 Å². The third-order valence-corrected chi connectivity index (χ3v) is 3.47. The van der Waals surface area contributed by atoms with Crippen molar-refractivity contribution in [3.8, 4) is 5.75 Å². The second-order valence-corrected chi connectivity index (χ2v) is 4.72. The summed E-state index contributed by atoms with van der Waals surface area (Å²) in [7, 11) is 0. The lowest BCUT2D eigenvalue weighted by molar-refractivity contribution is 0.475. The molecular formula is C14H13NOS. The number of phenolic OH excluding ortho intramolecular Hbond substituents is 1. The Bertz CT molecular complexity index is 491. The number of rotatable bonds is 4. The first-order chi connectivity index (χ1) is 8.28. The van der Waals surface area contributed by atoms with Crippen molar-refractivity contribution in [1.29, 1.82) is 5.41 Å². The molecule has 2 aromatic carbocycles. The Kier molecular flexibility index (Phi) is 3.83. The maximum absolute atomic E-state index is 9.17. The van der Waals surface area contributed by atoms with E-state index in [0.29, 0.717) is 5.75 Å². The van der Waals surface area contributed by atoms with Crippen LogP contribution >= 0.6 is 11.8 Å². The standard InChI is InChI=1S/C14H13NOS/c15-9-11-1-3-12(4-2-11)10-17-14-7-5-13(16)6-8-14/h1-9,15-16H,10H2. The topological polar surface area (TPSA) is 44.1 Å². The number of hydrogen-bond acceptors (Lipinski definition) is 3. The predicted molar refractivity (Wildman–Crippen MR) is 72.0 cm³/mol. The minimum absolute atomic E-state index is 0.296. The van der Waals surface area contributed by atoms with Crippen LogP contribution in [0, 0.1) is 5.41 Å². The molecule has 2 nitrogen and oxygen atoms in total. The Morgan fingerprint density at radius 1 is 1.00 bits per heavy atom. The number of hydrogen-bond donors (Lipinski definition) is 2. The van der Waals surface area contributed by atoms with Gasteiger partial charge in [-0.15, -0.1) is 11.8 Å². The monoisotopic (exact) mass is 243 g/mol. The molecule has 0 heterocycles. The van der Waals surface area contributed by atoms with E-state index in [4.69, 9.17) is 10.5 Å². The number of phenols is 1. The van der Waals surface area contributed by atoms with Gasteiger partial charge in [-0.25, -0.2) is 0 Å². The molecular weight excluding hydrogens is 230 g/mol. The largest absolute Gasteiger partial charge is 0.508 e. The van der Waals surface area contributed by atoms with Crippen LogP contribution < -0.4 is 0 Å². The Labute approximate surface area is 105 Å². The van der Waals surface area contributed by atoms with Gasteiger partial charge >= 0.3 is 0 Å². The van der Waals surface area contributed by atoms with E-state index in [-0.39, 0.29) is 0 Å². The van der Waals surface area contributed by atoms with Gasteiger partial charge in [0.15, 0.2) is 0 Å². The third kappa shape index (κ3) is 3.36. The lowest BCUT2D eigenvalue weighted by Crippen LogP contribution is -1.83. The summed E-state index contributed by atoms with van der Waals surface area (Å²) in [5, 5.41) is 16.3. The molecule has 86 valence electrons. The highest BCUT2D eigenvalue weighted by molar-refractivity contribution is 7.98. The summed E-state index contributed by atoms with van der Waals surface area (Å²) in [6, 6.07) is 15.2. The second kappa shape index (κ2) is 5.55. The highest BCUT2D eigenvalue weighted by atomic mass is 32.2. The molecule has 2 rings (SSSR count). The van der Waals surface area contributed by atoms with E-state index >= 15 is 0 Å². The Hall–Kier alpha value is -1.74. The van der Waals surface area contributed by atoms with E-state index in [0.717, 1.165) is 16.2 Å². The Balaban J connectivity index is 1.97. The molecule has 17 heavy (non-hydrogen) atoms. The van der Waals surface area contributed by atoms with Crippen molar-refractivity contribution in [2.24, 2.45) is 0 Å². The highest BCUT2D eigenvalue weighted by Gasteiger charge is 1.97. The first-order valence-electron chi connectivity index (χ1n) is 5.29. The van der Waals surface area contributed by atoms with Crippen LogP contribution in [0.1, 0.15) is 11.1 Å². The number of thioether (sulfide) groups is 1. The van der Waals surface area contributed by atoms with Gasteiger partial charge in [-0.3, -0.25) is 0 Å². The van der Waals surface area contributed by atoms with Crippen molar-refractivity contribution in [2.75, 3.05) is 0 Å². The summed E-state index contributed by atoms with van der Waals surface area (Å²) < 4.78 is 0. The third-order valence-electron chi connectivity index (χ3n) is 2.39. The Morgan fingerprint density at radius 3 is 2.24 bits per heavy atom. The zero-order chi connectivity index (χ0) is 12.1. The minimum atomic E-state index is 0.296. The average molecular weight is 243 g/mol. The molecule has 0 saturated heterocycles. The maximum atomic E-state index is 9.17. The van der Waals surface area contributed by atoms with Gasteiger partial charge in [0.25, 0.3) is 0 Å². The van der Waals surface area contributed by atoms with E-state index in [1.807, 2.05) is 36.4 Å². The van der Waals surface area contributed by atoms with Gasteiger partial charge in [0.05, 0.1) is 0 Å². The van der Waals surface area contributed by atoms with Gasteiger partial charge in [0, 0.05) is 16.9 Å². The van der Waals surface area contributed by atoms with Crippen LogP contribution in [0.2, 0.25) is 0 Å². The van der Waals surface area contributed by atoms with Crippen LogP contribution in [0.25, 0.3) is 0 Å². The summed E-state index contributed by atoms with van der Waals surface area (Å²) in [6.07, 6.45) is 1.34. The molecule has 2 N–H and O–H groups in total. The molecule has 0 amide bonds. The Morgan fingerprint density at radius 2 is 1.65 bits per heavy atom. The lowest BCUT2D eigenvalue weighted by atomic mass is 10.2. The predicted octanol–water partition coefficient (Wildman–Crippen LogP) is 3.68. The average Bonchev–Trinajstić information content (AvgIpc) is 2.39. The van der Waals surface area contributed by atoms with Crippen molar-refractivity contribution in [1.82, 2.24) is 0 Å². The summed E-state index contributed by atoms with van der Waals surface area (Å²) in [5.41, 5.74) is 2.15. The van der Waals surface area contributed by atoms with E-state index in [2.05, 4.69) is 0 Å². The van der Waals surface area contributed by atoms with Crippen LogP contribution in [0.4, 0.5) is 0 Å². The molecule has 0 fully saturated rings. The molecule has 0 atom stereocenters. The first kappa shape index (κ1) is 11.7. The summed E-state index contributed by atoms with van der Waals surface area (Å²) in [5.74, 6) is 1.19. The maximum Gasteiger partial charge on any atom is 0.115 e. The van der Waals surface area contributed by atoms with Crippen molar-refractivity contribution >= 4 is 18.0 Å². The van der Waals surface area contributed by atoms with Crippen molar-refractivity contribution in [2.45, 2.75) is 10.6 Å². The van der Waals surface area contributed by atoms with Gasteiger partial charge in [-0.2, -0.15) is 0 Å². The van der Waals surface area contributed by atoms with Crippen LogP contribution in [0.15, 0.2) is 53.4 Å². The quantitative estimate of drug-likeness (QED) is 0.635. The molecule has 0 aliphatic heterocycles. The number of aromatic hydroxyl groups is 1. The zero-order valence-electron chi connectivity index (χ0n) is 9.26. The van der Waals surface area contributed by atoms with Gasteiger partial charge in [-0.1, -0.05) is 24.3 Å². The molecule has 0 spiro atoms. The van der Waals surface area contributed by atoms with Gasteiger partial charge < -0.3 is 10.5 Å². The molecule has 0 saturated carbocycles. The van der Waals surface area contributed by atoms with Crippen molar-refractivity contribution in [3.63, 3.8) is 0 Å². The van der Waals surface area contributed by atoms with Crippen molar-refractivity contribution in [3.05, 3.63) is 59.7 Å². The molecule has 0 unspecified atom stereocenters. The minimum Gasteiger partial charge on any atom is -0.508 e. The fraction of sp³-hybridized carbons (Fsp3) is 0.0714. The normalized spacial score (nSPS) is 10.1. The molecule has 0 radical (unpaired) electrons. The van der Waals surface area contributed by atoms with Crippen LogP contribution in [0.5, 0.6) is 5.75 Å². The van der Waals surface area contributed by atoms with E-state index < -0.39 is 0 Å². The number of benzene rings is 2. The van der Waals surface area contributed by atoms with Gasteiger partial charge in [-0.05, 0) is 35.4 Å². The molecule has 0 aliphatic rings. The van der Waals surface area contributed by atoms with E-state index in [9.17, 15) is 0 Å². The molecule has 2 aromatic rings. The molecule has 0 bridgehead atoms. The van der Waals surface area contributed by atoms with Crippen LogP contribution in [0.3, 0.4) is 0 Å². The summed E-state index contributed by atoms with van der Waals surface area (Å²) >= 11 is 1.73. The fourth-order valence-corrected chi connectivity index (χ4v) is 2.27. The molecule has 0 aromatic heterocycles. The fourth-order valence-electron chi connectivity index (χ4n) is 1.42. The van der Waals surface area contributed by atoms with E-state index in [1.165, 1.54) is 11.8 Å². The van der Waals surface area contributed by atoms with Gasteiger partial charge in [0.1, 0.15) is 5.75 Å². The zero-order valence-corrected chi connectivity index (χ0v) is 10.1. The summed E-state index contributed by atoms with van der Waals surface area (Å²) in [6.45, 7) is 0. The highest BCUT2D eigenvalue weighted by Crippen LogP contribution is 2.24. The lowest BCUT2D eigenvalue weighted by Gasteiger charge is -2.02. The summed E-state index contributed by atoms with van der Waals surface area (Å²) in [4.78, 5) is 1.14. The molecule has 3 heteroatoms.